The number of hydrogen-bond acceptors (Lipinski definition) is 7. The van der Waals surface area contributed by atoms with Gasteiger partial charge in [-0.3, -0.25) is 0 Å². The first-order valence-corrected chi connectivity index (χ1v) is 8.87. The van der Waals surface area contributed by atoms with E-state index in [-0.39, 0.29) is 24.4 Å². The Morgan fingerprint density at radius 2 is 1.33 bits per heavy atom. The highest BCUT2D eigenvalue weighted by molar-refractivity contribution is 4.78. The van der Waals surface area contributed by atoms with Gasteiger partial charge in [-0.2, -0.15) is 0 Å². The summed E-state index contributed by atoms with van der Waals surface area (Å²) in [5.74, 6) is 0. The Kier molecular flexibility index (Phi) is 9.48. The van der Waals surface area contributed by atoms with Gasteiger partial charge >= 0.3 is 0 Å². The molecule has 7 nitrogen and oxygen atoms in total. The van der Waals surface area contributed by atoms with E-state index in [9.17, 15) is 5.11 Å². The van der Waals surface area contributed by atoms with E-state index in [1.54, 1.807) is 14.2 Å². The van der Waals surface area contributed by atoms with E-state index >= 15 is 0 Å². The van der Waals surface area contributed by atoms with Crippen LogP contribution in [0, 0.1) is 0 Å². The van der Waals surface area contributed by atoms with E-state index in [2.05, 4.69) is 0 Å². The summed E-state index contributed by atoms with van der Waals surface area (Å²) in [6, 6.07) is 0. The van der Waals surface area contributed by atoms with Crippen molar-refractivity contribution in [2.75, 3.05) is 53.9 Å². The zero-order chi connectivity index (χ0) is 17.2. The predicted molar refractivity (Wildman–Crippen MR) is 87.2 cm³/mol. The lowest BCUT2D eigenvalue weighted by molar-refractivity contribution is -0.0574. The summed E-state index contributed by atoms with van der Waals surface area (Å²) in [6.07, 6.45) is 2.70. The second kappa shape index (κ2) is 11.4. The molecule has 2 aliphatic heterocycles. The van der Waals surface area contributed by atoms with Gasteiger partial charge in [0.15, 0.2) is 0 Å². The Morgan fingerprint density at radius 3 is 1.75 bits per heavy atom. The van der Waals surface area contributed by atoms with E-state index in [1.165, 1.54) is 0 Å². The minimum atomic E-state index is -0.420. The molecule has 0 spiro atoms. The lowest BCUT2D eigenvalue weighted by atomic mass is 10.1. The second-order valence-electron chi connectivity index (χ2n) is 6.36. The lowest BCUT2D eigenvalue weighted by Crippen LogP contribution is -2.30. The van der Waals surface area contributed by atoms with Gasteiger partial charge < -0.3 is 33.5 Å². The molecule has 142 valence electrons. The van der Waals surface area contributed by atoms with Crippen LogP contribution in [-0.4, -0.2) is 89.5 Å². The number of hydrogen-bond donors (Lipinski definition) is 1. The van der Waals surface area contributed by atoms with Crippen LogP contribution < -0.4 is 0 Å². The Hall–Kier alpha value is -0.280. The fraction of sp³-hybridized carbons (Fsp3) is 1.00. The van der Waals surface area contributed by atoms with Crippen LogP contribution in [0.5, 0.6) is 0 Å². The number of methoxy groups -OCH3 is 2. The molecular formula is C17H32O7. The molecular weight excluding hydrogens is 316 g/mol. The minimum Gasteiger partial charge on any atom is -0.393 e. The Morgan fingerprint density at radius 1 is 0.875 bits per heavy atom. The summed E-state index contributed by atoms with van der Waals surface area (Å²) in [5.41, 5.74) is 0. The zero-order valence-electron chi connectivity index (χ0n) is 14.9. The van der Waals surface area contributed by atoms with Gasteiger partial charge in [0.05, 0.1) is 31.5 Å². The van der Waals surface area contributed by atoms with E-state index in [1.807, 2.05) is 0 Å². The summed E-state index contributed by atoms with van der Waals surface area (Å²) in [5, 5.41) is 10.1. The van der Waals surface area contributed by atoms with Crippen LogP contribution in [0.4, 0.5) is 0 Å². The molecule has 0 radical (unpaired) electrons. The van der Waals surface area contributed by atoms with Crippen LogP contribution in [0.25, 0.3) is 0 Å². The topological polar surface area (TPSA) is 75.6 Å². The molecule has 0 aliphatic carbocycles. The molecule has 2 fully saturated rings. The van der Waals surface area contributed by atoms with Crippen LogP contribution in [0.1, 0.15) is 25.7 Å². The van der Waals surface area contributed by atoms with Crippen LogP contribution in [0.2, 0.25) is 0 Å². The van der Waals surface area contributed by atoms with Gasteiger partial charge in [-0.1, -0.05) is 0 Å². The molecule has 0 aromatic heterocycles. The summed E-state index contributed by atoms with van der Waals surface area (Å²) in [7, 11) is 3.32. The largest absolute Gasteiger partial charge is 0.393 e. The van der Waals surface area contributed by atoms with Crippen molar-refractivity contribution in [2.45, 2.75) is 56.2 Å². The average Bonchev–Trinajstić information content (AvgIpc) is 3.18. The van der Waals surface area contributed by atoms with Gasteiger partial charge in [0, 0.05) is 40.6 Å². The van der Waals surface area contributed by atoms with Crippen LogP contribution in [0.15, 0.2) is 0 Å². The van der Waals surface area contributed by atoms with Crippen molar-refractivity contribution in [2.24, 2.45) is 0 Å². The van der Waals surface area contributed by atoms with Crippen molar-refractivity contribution in [1.82, 2.24) is 0 Å². The van der Waals surface area contributed by atoms with Crippen LogP contribution >= 0.6 is 0 Å². The van der Waals surface area contributed by atoms with Gasteiger partial charge in [-0.25, -0.2) is 0 Å². The third-order valence-corrected chi connectivity index (χ3v) is 4.53. The Labute approximate surface area is 144 Å². The summed E-state index contributed by atoms with van der Waals surface area (Å²) >= 11 is 0. The van der Waals surface area contributed by atoms with Crippen molar-refractivity contribution in [3.05, 3.63) is 0 Å². The Bertz CT molecular complexity index is 298. The number of ether oxygens (including phenoxy) is 6. The average molecular weight is 348 g/mol. The summed E-state index contributed by atoms with van der Waals surface area (Å²) in [6.45, 7) is 3.56. The van der Waals surface area contributed by atoms with Crippen molar-refractivity contribution in [3.63, 3.8) is 0 Å². The molecule has 2 heterocycles. The van der Waals surface area contributed by atoms with Crippen molar-refractivity contribution in [3.8, 4) is 0 Å². The summed E-state index contributed by atoms with van der Waals surface area (Å²) < 4.78 is 33.0. The SMILES string of the molecule is COCC1OCCC1OCCC(O)CCOC1CCOC1COC. The third-order valence-electron chi connectivity index (χ3n) is 4.53. The first kappa shape index (κ1) is 20.0. The number of rotatable bonds is 12. The molecule has 2 rings (SSSR count). The van der Waals surface area contributed by atoms with Crippen molar-refractivity contribution >= 4 is 0 Å². The highest BCUT2D eigenvalue weighted by atomic mass is 16.6. The van der Waals surface area contributed by atoms with Crippen molar-refractivity contribution in [1.29, 1.82) is 0 Å². The zero-order valence-corrected chi connectivity index (χ0v) is 14.9. The molecule has 2 aliphatic rings. The molecule has 0 aromatic carbocycles. The first-order valence-electron chi connectivity index (χ1n) is 8.87. The van der Waals surface area contributed by atoms with Gasteiger partial charge in [0.25, 0.3) is 0 Å². The molecule has 4 atom stereocenters. The molecule has 0 saturated carbocycles. The molecule has 2 saturated heterocycles. The van der Waals surface area contributed by atoms with Gasteiger partial charge in [-0.05, 0) is 25.7 Å². The lowest BCUT2D eigenvalue weighted by Gasteiger charge is -2.20. The van der Waals surface area contributed by atoms with Crippen LogP contribution in [-0.2, 0) is 28.4 Å². The first-order chi connectivity index (χ1) is 11.7. The van der Waals surface area contributed by atoms with E-state index in [4.69, 9.17) is 28.4 Å². The predicted octanol–water partition coefficient (Wildman–Crippen LogP) is 0.769. The fourth-order valence-corrected chi connectivity index (χ4v) is 3.13. The maximum absolute atomic E-state index is 10.1. The smallest absolute Gasteiger partial charge is 0.107 e. The molecule has 0 bridgehead atoms. The maximum Gasteiger partial charge on any atom is 0.107 e. The van der Waals surface area contributed by atoms with Crippen molar-refractivity contribution < 1.29 is 33.5 Å². The molecule has 0 amide bonds. The fourth-order valence-electron chi connectivity index (χ4n) is 3.13. The highest BCUT2D eigenvalue weighted by Crippen LogP contribution is 2.19. The molecule has 1 N–H and O–H groups in total. The van der Waals surface area contributed by atoms with Gasteiger partial charge in [0.2, 0.25) is 0 Å². The van der Waals surface area contributed by atoms with Gasteiger partial charge in [0.1, 0.15) is 12.2 Å². The van der Waals surface area contributed by atoms with Crippen LogP contribution in [0.3, 0.4) is 0 Å². The summed E-state index contributed by atoms with van der Waals surface area (Å²) in [4.78, 5) is 0. The third kappa shape index (κ3) is 6.55. The molecule has 24 heavy (non-hydrogen) atoms. The van der Waals surface area contributed by atoms with E-state index < -0.39 is 6.10 Å². The quantitative estimate of drug-likeness (QED) is 0.558. The maximum atomic E-state index is 10.1. The molecule has 4 unspecified atom stereocenters. The van der Waals surface area contributed by atoms with Gasteiger partial charge in [-0.15, -0.1) is 0 Å². The highest BCUT2D eigenvalue weighted by Gasteiger charge is 2.30. The standard InChI is InChI=1S/C17H32O7/c1-19-11-16-14(5-9-23-16)21-7-3-13(18)4-8-22-15-6-10-24-17(15)12-20-2/h13-18H,3-12H2,1-2H3. The van der Waals surface area contributed by atoms with E-state index in [0.717, 1.165) is 12.8 Å². The minimum absolute atomic E-state index is 0.00978. The van der Waals surface area contributed by atoms with E-state index in [0.29, 0.717) is 52.5 Å². The normalized spacial score (nSPS) is 31.6. The monoisotopic (exact) mass is 348 g/mol. The number of aliphatic hydroxyl groups is 1. The molecule has 7 heteroatoms. The Balaban J connectivity index is 1.53. The number of aliphatic hydroxyl groups excluding tert-OH is 1. The molecule has 0 aromatic rings. The second-order valence-corrected chi connectivity index (χ2v) is 6.36.